The number of amides is 1. The molecule has 1 aliphatic rings. The third-order valence-corrected chi connectivity index (χ3v) is 6.10. The number of nitrogens with zero attached hydrogens (tertiary/aromatic N) is 4. The molecule has 1 amide bonds. The van der Waals surface area contributed by atoms with E-state index in [0.29, 0.717) is 29.4 Å². The molecular formula is C25H25N5O2. The Morgan fingerprint density at radius 2 is 1.88 bits per heavy atom. The molecule has 4 aromatic rings. The molecular weight excluding hydrogens is 402 g/mol. The van der Waals surface area contributed by atoms with Crippen molar-refractivity contribution >= 4 is 16.8 Å². The van der Waals surface area contributed by atoms with Gasteiger partial charge in [-0.3, -0.25) is 9.78 Å². The maximum atomic E-state index is 13.7. The number of nitrogens with two attached hydrogens (primary N) is 1. The van der Waals surface area contributed by atoms with Crippen LogP contribution in [-0.2, 0) is 0 Å². The van der Waals surface area contributed by atoms with Crippen LogP contribution in [-0.4, -0.2) is 38.5 Å². The molecule has 2 unspecified atom stereocenters. The quantitative estimate of drug-likeness (QED) is 0.522. The molecule has 0 spiro atoms. The summed E-state index contributed by atoms with van der Waals surface area (Å²) in [6, 6.07) is 18.8. The number of piperidine rings is 1. The summed E-state index contributed by atoms with van der Waals surface area (Å²) < 4.78 is 5.35. The van der Waals surface area contributed by atoms with Gasteiger partial charge >= 0.3 is 0 Å². The maximum Gasteiger partial charge on any atom is 0.258 e. The molecule has 7 heteroatoms. The van der Waals surface area contributed by atoms with Gasteiger partial charge in [0.1, 0.15) is 0 Å². The van der Waals surface area contributed by atoms with E-state index in [1.165, 1.54) is 0 Å². The third-order valence-electron chi connectivity index (χ3n) is 6.10. The Bertz CT molecular complexity index is 1270. The van der Waals surface area contributed by atoms with E-state index >= 15 is 0 Å². The van der Waals surface area contributed by atoms with Gasteiger partial charge in [0.2, 0.25) is 0 Å². The predicted molar refractivity (Wildman–Crippen MR) is 122 cm³/mol. The van der Waals surface area contributed by atoms with Crippen LogP contribution in [0.25, 0.3) is 22.4 Å². The molecule has 162 valence electrons. The number of benzene rings is 2. The van der Waals surface area contributed by atoms with Crippen molar-refractivity contribution in [3.8, 4) is 11.5 Å². The van der Waals surface area contributed by atoms with Crippen LogP contribution in [0.2, 0.25) is 0 Å². The fourth-order valence-electron chi connectivity index (χ4n) is 4.46. The van der Waals surface area contributed by atoms with Crippen LogP contribution in [0, 0.1) is 6.92 Å². The Morgan fingerprint density at radius 1 is 1.06 bits per heavy atom. The lowest BCUT2D eigenvalue weighted by Crippen LogP contribution is -2.49. The van der Waals surface area contributed by atoms with E-state index in [-0.39, 0.29) is 18.0 Å². The number of carbonyl (C=O) groups is 1. The van der Waals surface area contributed by atoms with Crippen LogP contribution in [0.5, 0.6) is 0 Å². The average molecular weight is 428 g/mol. The number of aromatic nitrogens is 3. The molecule has 1 fully saturated rings. The second kappa shape index (κ2) is 8.51. The molecule has 32 heavy (non-hydrogen) atoms. The first-order chi connectivity index (χ1) is 15.6. The Morgan fingerprint density at radius 3 is 2.72 bits per heavy atom. The number of rotatable bonds is 4. The van der Waals surface area contributed by atoms with Crippen LogP contribution in [0.1, 0.15) is 47.2 Å². The highest BCUT2D eigenvalue weighted by molar-refractivity contribution is 6.00. The van der Waals surface area contributed by atoms with Gasteiger partial charge in [-0.15, -0.1) is 0 Å². The Hall–Kier alpha value is -3.58. The van der Waals surface area contributed by atoms with Crippen LogP contribution < -0.4 is 5.73 Å². The number of carbonyl (C=O) groups excluding carboxylic acids is 1. The van der Waals surface area contributed by atoms with E-state index in [4.69, 9.17) is 15.2 Å². The molecule has 0 radical (unpaired) electrons. The smallest absolute Gasteiger partial charge is 0.258 e. The largest absolute Gasteiger partial charge is 0.334 e. The van der Waals surface area contributed by atoms with E-state index in [9.17, 15) is 4.79 Å². The molecule has 1 aliphatic heterocycles. The number of pyridine rings is 1. The number of likely N-dealkylation sites (tertiary alicyclic amines) is 1. The lowest BCUT2D eigenvalue weighted by atomic mass is 9.92. The van der Waals surface area contributed by atoms with E-state index in [1.54, 1.807) is 6.92 Å². The maximum absolute atomic E-state index is 13.7. The van der Waals surface area contributed by atoms with Crippen molar-refractivity contribution in [3.63, 3.8) is 0 Å². The van der Waals surface area contributed by atoms with Gasteiger partial charge < -0.3 is 15.2 Å². The number of hydrogen-bond acceptors (Lipinski definition) is 6. The molecule has 3 heterocycles. The van der Waals surface area contributed by atoms with Gasteiger partial charge in [-0.1, -0.05) is 41.6 Å². The summed E-state index contributed by atoms with van der Waals surface area (Å²) in [4.78, 5) is 24.7. The molecule has 0 bridgehead atoms. The van der Waals surface area contributed by atoms with Crippen molar-refractivity contribution < 1.29 is 9.32 Å². The van der Waals surface area contributed by atoms with Gasteiger partial charge in [0.25, 0.3) is 11.8 Å². The zero-order valence-electron chi connectivity index (χ0n) is 17.9. The van der Waals surface area contributed by atoms with Crippen LogP contribution in [0.3, 0.4) is 0 Å². The predicted octanol–water partition coefficient (Wildman–Crippen LogP) is 4.29. The average Bonchev–Trinajstić information content (AvgIpc) is 3.29. The van der Waals surface area contributed by atoms with Gasteiger partial charge in [-0.05, 0) is 50.5 Å². The third kappa shape index (κ3) is 3.76. The lowest BCUT2D eigenvalue weighted by Gasteiger charge is -2.39. The molecule has 5 rings (SSSR count). The summed E-state index contributed by atoms with van der Waals surface area (Å²) in [5.74, 6) is 0.806. The zero-order valence-corrected chi connectivity index (χ0v) is 17.9. The SMILES string of the molecule is Cc1noc(-c2ccccc2C(=O)N2CCCCC2C(N)c2ccc3ccccc3n2)n1. The summed E-state index contributed by atoms with van der Waals surface area (Å²) in [6.07, 6.45) is 2.81. The van der Waals surface area contributed by atoms with Gasteiger partial charge in [-0.2, -0.15) is 4.98 Å². The number of para-hydroxylation sites is 1. The van der Waals surface area contributed by atoms with E-state index in [1.807, 2.05) is 65.6 Å². The van der Waals surface area contributed by atoms with Crippen molar-refractivity contribution in [3.05, 3.63) is 77.7 Å². The van der Waals surface area contributed by atoms with Gasteiger partial charge in [0, 0.05) is 11.9 Å². The zero-order chi connectivity index (χ0) is 22.1. The fourth-order valence-corrected chi connectivity index (χ4v) is 4.46. The first kappa shape index (κ1) is 20.3. The van der Waals surface area contributed by atoms with Crippen LogP contribution in [0.15, 0.2) is 65.2 Å². The minimum absolute atomic E-state index is 0.0719. The highest BCUT2D eigenvalue weighted by atomic mass is 16.5. The summed E-state index contributed by atoms with van der Waals surface area (Å²) in [7, 11) is 0. The van der Waals surface area contributed by atoms with E-state index in [0.717, 1.165) is 35.9 Å². The van der Waals surface area contributed by atoms with Crippen molar-refractivity contribution in [1.29, 1.82) is 0 Å². The molecule has 2 aromatic carbocycles. The first-order valence-corrected chi connectivity index (χ1v) is 10.9. The van der Waals surface area contributed by atoms with Crippen LogP contribution >= 0.6 is 0 Å². The van der Waals surface area contributed by atoms with Crippen molar-refractivity contribution in [2.75, 3.05) is 6.54 Å². The molecule has 2 aromatic heterocycles. The minimum Gasteiger partial charge on any atom is -0.334 e. The first-order valence-electron chi connectivity index (χ1n) is 10.9. The summed E-state index contributed by atoms with van der Waals surface area (Å²) in [5.41, 5.74) is 9.61. The minimum atomic E-state index is -0.373. The highest BCUT2D eigenvalue weighted by Crippen LogP contribution is 2.31. The summed E-state index contributed by atoms with van der Waals surface area (Å²) >= 11 is 0. The van der Waals surface area contributed by atoms with Gasteiger partial charge in [0.05, 0.1) is 34.4 Å². The fraction of sp³-hybridized carbons (Fsp3) is 0.280. The molecule has 0 saturated carbocycles. The van der Waals surface area contributed by atoms with Crippen molar-refractivity contribution in [1.82, 2.24) is 20.0 Å². The molecule has 1 saturated heterocycles. The standard InChI is InChI=1S/C25H25N5O2/c1-16-27-24(32-29-16)18-9-3-4-10-19(18)25(31)30-15-7-6-12-22(30)23(26)21-14-13-17-8-2-5-11-20(17)28-21/h2-5,8-11,13-14,22-23H,6-7,12,15,26H2,1H3. The monoisotopic (exact) mass is 427 g/mol. The normalized spacial score (nSPS) is 17.4. The van der Waals surface area contributed by atoms with Crippen molar-refractivity contribution in [2.45, 2.75) is 38.3 Å². The second-order valence-corrected chi connectivity index (χ2v) is 8.21. The molecule has 2 N–H and O–H groups in total. The second-order valence-electron chi connectivity index (χ2n) is 8.21. The van der Waals surface area contributed by atoms with Crippen LogP contribution in [0.4, 0.5) is 0 Å². The van der Waals surface area contributed by atoms with E-state index < -0.39 is 0 Å². The Balaban J connectivity index is 1.48. The molecule has 2 atom stereocenters. The van der Waals surface area contributed by atoms with Gasteiger partial charge in [0.15, 0.2) is 5.82 Å². The molecule has 7 nitrogen and oxygen atoms in total. The lowest BCUT2D eigenvalue weighted by molar-refractivity contribution is 0.0573. The molecule has 0 aliphatic carbocycles. The highest BCUT2D eigenvalue weighted by Gasteiger charge is 2.34. The summed E-state index contributed by atoms with van der Waals surface area (Å²) in [6.45, 7) is 2.41. The topological polar surface area (TPSA) is 98.1 Å². The number of fused-ring (bicyclic) bond motifs is 1. The Labute approximate surface area is 186 Å². The number of hydrogen-bond donors (Lipinski definition) is 1. The Kier molecular flexibility index (Phi) is 5.41. The van der Waals surface area contributed by atoms with Crippen molar-refractivity contribution in [2.24, 2.45) is 5.73 Å². The summed E-state index contributed by atoms with van der Waals surface area (Å²) in [5, 5.41) is 4.95. The van der Waals surface area contributed by atoms with Gasteiger partial charge in [-0.25, -0.2) is 0 Å². The number of aryl methyl sites for hydroxylation is 1. The van der Waals surface area contributed by atoms with E-state index in [2.05, 4.69) is 10.1 Å².